The Morgan fingerprint density at radius 1 is 1.05 bits per heavy atom. The second-order valence-corrected chi connectivity index (χ2v) is 8.24. The number of allylic oxidation sites excluding steroid dienone is 1. The van der Waals surface area contributed by atoms with Gasteiger partial charge in [0.1, 0.15) is 0 Å². The zero-order valence-electron chi connectivity index (χ0n) is 12.1. The molecule has 0 aliphatic carbocycles. The maximum absolute atomic E-state index is 12.2. The summed E-state index contributed by atoms with van der Waals surface area (Å²) in [6.45, 7) is 0. The van der Waals surface area contributed by atoms with Gasteiger partial charge >= 0.3 is 0 Å². The predicted molar refractivity (Wildman–Crippen MR) is 89.9 cm³/mol. The van der Waals surface area contributed by atoms with Gasteiger partial charge in [0.25, 0.3) is 0 Å². The van der Waals surface area contributed by atoms with E-state index in [1.165, 1.54) is 28.3 Å². The Hall–Kier alpha value is -1.41. The van der Waals surface area contributed by atoms with Crippen molar-refractivity contribution in [1.29, 1.82) is 0 Å². The molecule has 4 rings (SSSR count). The van der Waals surface area contributed by atoms with Crippen molar-refractivity contribution >= 4 is 21.6 Å². The Kier molecular flexibility index (Phi) is 3.42. The normalized spacial score (nSPS) is 28.4. The maximum Gasteiger partial charge on any atom is 0.0533 e. The van der Waals surface area contributed by atoms with Gasteiger partial charge in [-0.25, -0.2) is 0 Å². The van der Waals surface area contributed by atoms with Crippen LogP contribution < -0.4 is 0 Å². The second kappa shape index (κ2) is 5.42. The first-order valence-electron chi connectivity index (χ1n) is 7.86. The molecule has 3 unspecified atom stereocenters. The summed E-state index contributed by atoms with van der Waals surface area (Å²) in [6.07, 6.45) is 7.90. The third kappa shape index (κ3) is 2.57. The molecular weight excluding hydrogens is 276 g/mol. The molecule has 1 fully saturated rings. The fourth-order valence-electron chi connectivity index (χ4n) is 3.73. The van der Waals surface area contributed by atoms with Crippen molar-refractivity contribution in [2.45, 2.75) is 42.6 Å². The quantitative estimate of drug-likeness (QED) is 0.752. The second-order valence-electron chi connectivity index (χ2n) is 6.31. The molecule has 2 bridgehead atoms. The number of fused-ring (bicyclic) bond motifs is 3. The molecule has 2 heteroatoms. The molecular formula is C19H20OS. The van der Waals surface area contributed by atoms with Gasteiger partial charge in [0.15, 0.2) is 0 Å². The Balaban J connectivity index is 1.61. The van der Waals surface area contributed by atoms with Gasteiger partial charge in [-0.15, -0.1) is 0 Å². The fourth-order valence-corrected chi connectivity index (χ4v) is 5.72. The van der Waals surface area contributed by atoms with E-state index in [-0.39, 0.29) is 0 Å². The largest absolute Gasteiger partial charge is 0.259 e. The van der Waals surface area contributed by atoms with Crippen LogP contribution in [0.5, 0.6) is 0 Å². The minimum atomic E-state index is -0.613. The molecule has 2 aliphatic heterocycles. The Bertz CT molecular complexity index is 731. The van der Waals surface area contributed by atoms with Gasteiger partial charge < -0.3 is 0 Å². The van der Waals surface area contributed by atoms with E-state index in [1.54, 1.807) is 0 Å². The van der Waals surface area contributed by atoms with Gasteiger partial charge in [0.2, 0.25) is 0 Å². The number of hydrogen-bond donors (Lipinski definition) is 0. The lowest BCUT2D eigenvalue weighted by atomic mass is 9.93. The van der Waals surface area contributed by atoms with Crippen molar-refractivity contribution in [3.63, 3.8) is 0 Å². The van der Waals surface area contributed by atoms with Crippen LogP contribution in [-0.2, 0) is 17.2 Å². The Morgan fingerprint density at radius 2 is 1.90 bits per heavy atom. The van der Waals surface area contributed by atoms with E-state index < -0.39 is 10.8 Å². The minimum Gasteiger partial charge on any atom is -0.259 e. The maximum atomic E-state index is 12.2. The lowest BCUT2D eigenvalue weighted by molar-refractivity contribution is 0.563. The SMILES string of the molecule is O=S1C2C=C(Cc3ccc4ccccc4c3)CC1CCC2. The molecule has 1 saturated heterocycles. The van der Waals surface area contributed by atoms with Crippen molar-refractivity contribution in [3.8, 4) is 0 Å². The monoisotopic (exact) mass is 296 g/mol. The summed E-state index contributed by atoms with van der Waals surface area (Å²) in [5.41, 5.74) is 2.88. The van der Waals surface area contributed by atoms with Crippen LogP contribution in [-0.4, -0.2) is 14.7 Å². The van der Waals surface area contributed by atoms with Crippen LogP contribution in [0.4, 0.5) is 0 Å². The van der Waals surface area contributed by atoms with Crippen LogP contribution in [0.1, 0.15) is 31.2 Å². The van der Waals surface area contributed by atoms with Crippen LogP contribution in [0.2, 0.25) is 0 Å². The van der Waals surface area contributed by atoms with E-state index in [0.29, 0.717) is 10.5 Å². The molecule has 3 atom stereocenters. The minimum absolute atomic E-state index is 0.327. The van der Waals surface area contributed by atoms with E-state index in [4.69, 9.17) is 0 Å². The average molecular weight is 296 g/mol. The summed E-state index contributed by atoms with van der Waals surface area (Å²) in [5, 5.41) is 3.36. The molecule has 2 aromatic carbocycles. The van der Waals surface area contributed by atoms with Crippen molar-refractivity contribution in [2.75, 3.05) is 0 Å². The predicted octanol–water partition coefficient (Wildman–Crippen LogP) is 4.38. The zero-order chi connectivity index (χ0) is 14.2. The van der Waals surface area contributed by atoms with Crippen LogP contribution in [0.25, 0.3) is 10.8 Å². The molecule has 2 aliphatic rings. The van der Waals surface area contributed by atoms with Crippen molar-refractivity contribution in [3.05, 3.63) is 59.7 Å². The number of hydrogen-bond acceptors (Lipinski definition) is 1. The van der Waals surface area contributed by atoms with Gasteiger partial charge in [-0.3, -0.25) is 4.21 Å². The highest BCUT2D eigenvalue weighted by Gasteiger charge is 2.32. The van der Waals surface area contributed by atoms with E-state index in [0.717, 1.165) is 25.7 Å². The first-order valence-corrected chi connectivity index (χ1v) is 9.14. The van der Waals surface area contributed by atoms with Gasteiger partial charge in [-0.1, -0.05) is 60.5 Å². The van der Waals surface area contributed by atoms with Gasteiger partial charge in [-0.05, 0) is 42.0 Å². The molecule has 2 aromatic rings. The van der Waals surface area contributed by atoms with Gasteiger partial charge in [0.05, 0.1) is 5.25 Å². The van der Waals surface area contributed by atoms with Crippen LogP contribution >= 0.6 is 0 Å². The first kappa shape index (κ1) is 13.3. The molecule has 2 heterocycles. The van der Waals surface area contributed by atoms with E-state index in [2.05, 4.69) is 48.5 Å². The van der Waals surface area contributed by atoms with Gasteiger partial charge in [0, 0.05) is 16.0 Å². The lowest BCUT2D eigenvalue weighted by Gasteiger charge is -2.32. The average Bonchev–Trinajstić information content (AvgIpc) is 2.48. The van der Waals surface area contributed by atoms with Crippen molar-refractivity contribution < 1.29 is 4.21 Å². The smallest absolute Gasteiger partial charge is 0.0533 e. The molecule has 21 heavy (non-hydrogen) atoms. The van der Waals surface area contributed by atoms with Crippen LogP contribution in [0.15, 0.2) is 54.1 Å². The first-order chi connectivity index (χ1) is 10.3. The summed E-state index contributed by atoms with van der Waals surface area (Å²) in [6, 6.07) is 15.3. The third-order valence-electron chi connectivity index (χ3n) is 4.80. The number of rotatable bonds is 2. The lowest BCUT2D eigenvalue weighted by Crippen LogP contribution is -2.34. The van der Waals surface area contributed by atoms with Crippen molar-refractivity contribution in [2.24, 2.45) is 0 Å². The van der Waals surface area contributed by atoms with Crippen LogP contribution in [0.3, 0.4) is 0 Å². The summed E-state index contributed by atoms with van der Waals surface area (Å²) in [5.74, 6) is 0. The third-order valence-corrected chi connectivity index (χ3v) is 6.83. The zero-order valence-corrected chi connectivity index (χ0v) is 12.9. The molecule has 0 N–H and O–H groups in total. The standard InChI is InChI=1S/C19H20OS/c20-21-18-6-3-7-19(21)13-15(12-18)10-14-8-9-16-4-1-2-5-17(16)11-14/h1-2,4-5,8-9,11-12,18-19H,3,6-7,10,13H2. The summed E-state index contributed by atoms with van der Waals surface area (Å²) < 4.78 is 12.2. The van der Waals surface area contributed by atoms with Gasteiger partial charge in [-0.2, -0.15) is 0 Å². The van der Waals surface area contributed by atoms with Crippen LogP contribution in [0, 0.1) is 0 Å². The van der Waals surface area contributed by atoms with Crippen molar-refractivity contribution in [1.82, 2.24) is 0 Å². The summed E-state index contributed by atoms with van der Waals surface area (Å²) >= 11 is 0. The van der Waals surface area contributed by atoms with E-state index in [1.807, 2.05) is 0 Å². The van der Waals surface area contributed by atoms with E-state index in [9.17, 15) is 4.21 Å². The topological polar surface area (TPSA) is 17.1 Å². The Labute approximate surface area is 128 Å². The molecule has 1 nitrogen and oxygen atoms in total. The van der Waals surface area contributed by atoms with E-state index >= 15 is 0 Å². The Morgan fingerprint density at radius 3 is 2.76 bits per heavy atom. The molecule has 0 amide bonds. The molecule has 0 radical (unpaired) electrons. The molecule has 0 spiro atoms. The molecule has 108 valence electrons. The summed E-state index contributed by atoms with van der Waals surface area (Å²) in [7, 11) is -0.613. The molecule has 0 aromatic heterocycles. The summed E-state index contributed by atoms with van der Waals surface area (Å²) in [4.78, 5) is 0. The fraction of sp³-hybridized carbons (Fsp3) is 0.368. The highest BCUT2D eigenvalue weighted by Crippen LogP contribution is 2.34. The number of benzene rings is 2. The molecule has 0 saturated carbocycles. The highest BCUT2D eigenvalue weighted by molar-refractivity contribution is 7.86. The highest BCUT2D eigenvalue weighted by atomic mass is 32.2.